The number of aromatic nitrogens is 2. The van der Waals surface area contributed by atoms with Crippen molar-refractivity contribution in [1.29, 1.82) is 0 Å². The molecule has 41 heavy (non-hydrogen) atoms. The molecule has 0 spiro atoms. The molecule has 1 unspecified atom stereocenters. The summed E-state index contributed by atoms with van der Waals surface area (Å²) < 4.78 is 54.5. The van der Waals surface area contributed by atoms with Gasteiger partial charge in [0.25, 0.3) is 5.56 Å². The number of halogens is 1. The van der Waals surface area contributed by atoms with Gasteiger partial charge in [0.1, 0.15) is 30.2 Å². The number of esters is 1. The van der Waals surface area contributed by atoms with Crippen molar-refractivity contribution in [1.82, 2.24) is 9.55 Å². The predicted molar refractivity (Wildman–Crippen MR) is 152 cm³/mol. The van der Waals surface area contributed by atoms with Crippen molar-refractivity contribution in [3.05, 3.63) is 92.6 Å². The Morgan fingerprint density at radius 1 is 1.27 bits per heavy atom. The third-order valence-corrected chi connectivity index (χ3v) is 8.69. The maximum atomic E-state index is 14.2. The molecule has 220 valence electrons. The van der Waals surface area contributed by atoms with Gasteiger partial charge in [0.15, 0.2) is 11.0 Å². The molecular formula is C27H30ClN2O9PS. The molecule has 0 saturated carbocycles. The van der Waals surface area contributed by atoms with Crippen molar-refractivity contribution in [2.45, 2.75) is 44.5 Å². The second-order valence-corrected chi connectivity index (χ2v) is 12.4. The first kappa shape index (κ1) is 28.3. The van der Waals surface area contributed by atoms with E-state index in [4.69, 9.17) is 45.1 Å². The Balaban J connectivity index is 1.58. The van der Waals surface area contributed by atoms with Crippen LogP contribution in [0.25, 0.3) is 0 Å². The number of hydrogen-bond donors (Lipinski definition) is 3. The molecular weight excluding hydrogens is 595 g/mol. The normalized spacial score (nSPS) is 25.4. The summed E-state index contributed by atoms with van der Waals surface area (Å²) in [5.74, 6) is -1.81. The van der Waals surface area contributed by atoms with Crippen LogP contribution in [0.3, 0.4) is 0 Å². The molecule has 14 heteroatoms. The minimum atomic E-state index is -4.58. The van der Waals surface area contributed by atoms with Gasteiger partial charge in [0.2, 0.25) is 0 Å². The summed E-state index contributed by atoms with van der Waals surface area (Å²) in [6.07, 6.45) is -4.74. The van der Waals surface area contributed by atoms with Crippen LogP contribution in [0.5, 0.6) is 5.75 Å². The van der Waals surface area contributed by atoms with Gasteiger partial charge in [-0.15, -0.1) is 0 Å². The molecule has 0 bridgehead atoms. The van der Waals surface area contributed by atoms with Gasteiger partial charge in [0, 0.05) is 17.3 Å². The van der Waals surface area contributed by atoms with Crippen LogP contribution >= 0.6 is 31.4 Å². The van der Waals surface area contributed by atoms with Crippen LogP contribution in [0, 0.1) is 10.7 Å². The van der Waals surface area contributed by atoms with Crippen LogP contribution in [0.15, 0.2) is 71.7 Å². The SMILES string of the molecule is [2H]C([2H])(O[P@](=O)(C[C@@H](C)C(=O)OCc1ccccc1)Oc1ccc(Cl)cc1)[C@H]1O[C@@H](n2ccc(=O)[nH]c2=S)C(C)(O)[C@H]1O. The summed E-state index contributed by atoms with van der Waals surface area (Å²) in [6, 6.07) is 15.7. The standard InChI is InChI=1S/C27H30ClN2O9PS/c1-17(24(33)36-14-18-6-4-3-5-7-18)16-40(35,39-20-10-8-19(28)9-11-20)37-15-21-23(32)27(2,34)25(38-21)30-13-12-22(31)29-26(30)41/h3-13,17,21,23,25,32,34H,14-16H2,1-2H3,(H,29,31,41)/t17-,21-,23+,25-,27?,40-/m1/s1/i15D2. The van der Waals surface area contributed by atoms with Crippen molar-refractivity contribution < 1.29 is 40.8 Å². The number of carbonyl (C=O) groups excluding carboxylic acids is 1. The molecule has 2 heterocycles. The summed E-state index contributed by atoms with van der Waals surface area (Å²) in [5, 5.41) is 22.4. The number of aromatic amines is 1. The van der Waals surface area contributed by atoms with Crippen LogP contribution in [-0.2, 0) is 30.0 Å². The minimum Gasteiger partial charge on any atom is -0.461 e. The highest BCUT2D eigenvalue weighted by Crippen LogP contribution is 2.51. The number of aliphatic hydroxyl groups excluding tert-OH is 1. The van der Waals surface area contributed by atoms with Gasteiger partial charge in [-0.2, -0.15) is 0 Å². The molecule has 6 atom stereocenters. The van der Waals surface area contributed by atoms with E-state index in [9.17, 15) is 24.4 Å². The number of aliphatic hydroxyl groups is 2. The molecule has 4 rings (SSSR count). The largest absolute Gasteiger partial charge is 0.461 e. The Kier molecular flexibility index (Phi) is 8.97. The number of hydrogen-bond acceptors (Lipinski definition) is 10. The minimum absolute atomic E-state index is 0.00527. The van der Waals surface area contributed by atoms with Crippen LogP contribution in [-0.4, -0.2) is 56.3 Å². The molecule has 1 aromatic heterocycles. The van der Waals surface area contributed by atoms with E-state index in [1.165, 1.54) is 44.3 Å². The fourth-order valence-corrected chi connectivity index (χ4v) is 6.11. The molecule has 11 nitrogen and oxygen atoms in total. The highest BCUT2D eigenvalue weighted by Gasteiger charge is 2.53. The molecule has 0 aliphatic carbocycles. The summed E-state index contributed by atoms with van der Waals surface area (Å²) in [6.45, 7) is -0.498. The lowest BCUT2D eigenvalue weighted by molar-refractivity contribution is -0.148. The number of H-pyrrole nitrogens is 1. The van der Waals surface area contributed by atoms with E-state index in [0.29, 0.717) is 5.02 Å². The monoisotopic (exact) mass is 626 g/mol. The van der Waals surface area contributed by atoms with Crippen molar-refractivity contribution in [2.75, 3.05) is 12.7 Å². The highest BCUT2D eigenvalue weighted by atomic mass is 35.5. The molecule has 1 aliphatic heterocycles. The van der Waals surface area contributed by atoms with Gasteiger partial charge in [-0.05, 0) is 49.0 Å². The zero-order valence-electron chi connectivity index (χ0n) is 24.0. The molecule has 3 N–H and O–H groups in total. The molecule has 1 fully saturated rings. The highest BCUT2D eigenvalue weighted by molar-refractivity contribution is 7.71. The fraction of sp³-hybridized carbons (Fsp3) is 0.370. The molecule has 0 amide bonds. The number of nitrogens with one attached hydrogen (secondary N) is 1. The second-order valence-electron chi connectivity index (χ2n) is 9.64. The average Bonchev–Trinajstić information content (AvgIpc) is 3.17. The van der Waals surface area contributed by atoms with Crippen molar-refractivity contribution in [3.8, 4) is 5.75 Å². The van der Waals surface area contributed by atoms with E-state index in [2.05, 4.69) is 4.98 Å². The van der Waals surface area contributed by atoms with E-state index in [0.717, 1.165) is 16.2 Å². The Hall–Kier alpha value is -2.83. The van der Waals surface area contributed by atoms with E-state index >= 15 is 0 Å². The predicted octanol–water partition coefficient (Wildman–Crippen LogP) is 4.24. The van der Waals surface area contributed by atoms with Crippen molar-refractivity contribution >= 4 is 37.4 Å². The van der Waals surface area contributed by atoms with Crippen molar-refractivity contribution in [2.24, 2.45) is 5.92 Å². The summed E-state index contributed by atoms with van der Waals surface area (Å²) in [5.41, 5.74) is -1.94. The van der Waals surface area contributed by atoms with Crippen LogP contribution in [0.2, 0.25) is 5.02 Å². The van der Waals surface area contributed by atoms with Crippen molar-refractivity contribution in [3.63, 3.8) is 0 Å². The third kappa shape index (κ3) is 7.72. The van der Waals surface area contributed by atoms with Gasteiger partial charge in [-0.25, -0.2) is 4.57 Å². The van der Waals surface area contributed by atoms with E-state index in [1.807, 2.05) is 6.07 Å². The summed E-state index contributed by atoms with van der Waals surface area (Å²) in [4.78, 5) is 26.8. The maximum absolute atomic E-state index is 14.2. The smallest absolute Gasteiger partial charge is 0.380 e. The van der Waals surface area contributed by atoms with E-state index in [1.54, 1.807) is 24.3 Å². The van der Waals surface area contributed by atoms with Crippen LogP contribution in [0.4, 0.5) is 0 Å². The summed E-state index contributed by atoms with van der Waals surface area (Å²) in [7, 11) is -4.58. The lowest BCUT2D eigenvalue weighted by Crippen LogP contribution is -2.44. The quantitative estimate of drug-likeness (QED) is 0.160. The first-order valence-corrected chi connectivity index (χ1v) is 15.0. The van der Waals surface area contributed by atoms with Gasteiger partial charge in [-0.1, -0.05) is 48.9 Å². The van der Waals surface area contributed by atoms with E-state index < -0.39 is 61.8 Å². The van der Waals surface area contributed by atoms with E-state index in [-0.39, 0.29) is 17.1 Å². The lowest BCUT2D eigenvalue weighted by Gasteiger charge is -2.28. The first-order chi connectivity index (χ1) is 20.1. The molecule has 2 aromatic carbocycles. The fourth-order valence-electron chi connectivity index (χ4n) is 4.02. The third-order valence-electron chi connectivity index (χ3n) is 6.25. The van der Waals surface area contributed by atoms with Gasteiger partial charge in [0.05, 0.1) is 21.4 Å². The number of carbonyl (C=O) groups is 1. The van der Waals surface area contributed by atoms with Gasteiger partial charge in [-0.3, -0.25) is 23.7 Å². The molecule has 1 aliphatic rings. The second kappa shape index (κ2) is 13.0. The average molecular weight is 627 g/mol. The molecule has 1 saturated heterocycles. The summed E-state index contributed by atoms with van der Waals surface area (Å²) >= 11 is 11.1. The van der Waals surface area contributed by atoms with Gasteiger partial charge < -0.3 is 24.2 Å². The molecule has 3 aromatic rings. The number of rotatable bonds is 11. The Bertz CT molecular complexity index is 1600. The zero-order chi connectivity index (χ0) is 31.6. The first-order valence-electron chi connectivity index (χ1n) is 13.4. The molecule has 0 radical (unpaired) electrons. The number of ether oxygens (including phenoxy) is 2. The topological polar surface area (TPSA) is 149 Å². The number of benzene rings is 2. The van der Waals surface area contributed by atoms with Crippen LogP contribution in [0.1, 0.15) is 28.4 Å². The zero-order valence-corrected chi connectivity index (χ0v) is 24.5. The Labute approximate surface area is 249 Å². The maximum Gasteiger partial charge on any atom is 0.380 e. The Morgan fingerprint density at radius 3 is 2.61 bits per heavy atom. The Morgan fingerprint density at radius 2 is 1.95 bits per heavy atom. The number of nitrogens with zero attached hydrogens (tertiary/aromatic N) is 1. The van der Waals surface area contributed by atoms with Crippen LogP contribution < -0.4 is 10.1 Å². The lowest BCUT2D eigenvalue weighted by atomic mass is 9.96. The van der Waals surface area contributed by atoms with Gasteiger partial charge >= 0.3 is 13.6 Å².